The summed E-state index contributed by atoms with van der Waals surface area (Å²) >= 11 is 0. The summed E-state index contributed by atoms with van der Waals surface area (Å²) in [5, 5.41) is 8.21. The van der Waals surface area contributed by atoms with Gasteiger partial charge in [0.05, 0.1) is 0 Å². The lowest BCUT2D eigenvalue weighted by atomic mass is 9.76. The zero-order valence-electron chi connectivity index (χ0n) is 11.6. The molecule has 1 saturated carbocycles. The van der Waals surface area contributed by atoms with Crippen molar-refractivity contribution in [3.8, 4) is 0 Å². The predicted molar refractivity (Wildman–Crippen MR) is 71.7 cm³/mol. The fourth-order valence-electron chi connectivity index (χ4n) is 3.34. The summed E-state index contributed by atoms with van der Waals surface area (Å²) in [7, 11) is 2.07. The van der Waals surface area contributed by atoms with Gasteiger partial charge in [-0.25, -0.2) is 4.98 Å². The molecule has 18 heavy (non-hydrogen) atoms. The number of hydrogen-bond acceptors (Lipinski definition) is 3. The Morgan fingerprint density at radius 3 is 2.89 bits per heavy atom. The highest BCUT2D eigenvalue weighted by Gasteiger charge is 2.39. The number of aryl methyl sites for hydroxylation is 1. The first kappa shape index (κ1) is 12.2. The van der Waals surface area contributed by atoms with E-state index in [4.69, 9.17) is 4.98 Å². The van der Waals surface area contributed by atoms with Crippen LogP contribution in [0.4, 0.5) is 0 Å². The number of aromatic nitrogens is 3. The molecule has 100 valence electrons. The molecule has 1 aromatic rings. The van der Waals surface area contributed by atoms with E-state index in [1.54, 1.807) is 0 Å². The Morgan fingerprint density at radius 2 is 2.28 bits per heavy atom. The fourth-order valence-corrected chi connectivity index (χ4v) is 3.34. The van der Waals surface area contributed by atoms with Gasteiger partial charge in [0.15, 0.2) is 5.82 Å². The summed E-state index contributed by atoms with van der Waals surface area (Å²) in [5.74, 6) is 2.96. The molecule has 4 heteroatoms. The van der Waals surface area contributed by atoms with Crippen molar-refractivity contribution in [2.45, 2.75) is 56.8 Å². The van der Waals surface area contributed by atoms with Crippen LogP contribution < -0.4 is 5.32 Å². The Morgan fingerprint density at radius 1 is 1.44 bits per heavy atom. The first-order valence-electron chi connectivity index (χ1n) is 7.37. The van der Waals surface area contributed by atoms with Gasteiger partial charge in [0.25, 0.3) is 0 Å². The van der Waals surface area contributed by atoms with E-state index < -0.39 is 0 Å². The quantitative estimate of drug-likeness (QED) is 0.887. The molecule has 0 radical (unpaired) electrons. The molecule has 2 heterocycles. The molecule has 0 amide bonds. The largest absolute Gasteiger partial charge is 0.316 e. The van der Waals surface area contributed by atoms with Crippen LogP contribution in [0.1, 0.15) is 63.0 Å². The Hall–Kier alpha value is -0.900. The summed E-state index contributed by atoms with van der Waals surface area (Å²) in [5.41, 5.74) is 0.224. The number of nitrogens with zero attached hydrogens (tertiary/aromatic N) is 3. The monoisotopic (exact) mass is 248 g/mol. The molecule has 0 aromatic carbocycles. The topological polar surface area (TPSA) is 42.7 Å². The summed E-state index contributed by atoms with van der Waals surface area (Å²) < 4.78 is 2.05. The van der Waals surface area contributed by atoms with Crippen molar-refractivity contribution in [2.24, 2.45) is 7.05 Å². The Balaban J connectivity index is 1.92. The van der Waals surface area contributed by atoms with Gasteiger partial charge in [-0.1, -0.05) is 13.3 Å². The van der Waals surface area contributed by atoms with Crippen LogP contribution in [0.2, 0.25) is 0 Å². The molecule has 0 bridgehead atoms. The maximum Gasteiger partial charge on any atom is 0.154 e. The molecule has 0 spiro atoms. The molecule has 2 aliphatic rings. The van der Waals surface area contributed by atoms with Gasteiger partial charge < -0.3 is 5.32 Å². The minimum Gasteiger partial charge on any atom is -0.316 e. The van der Waals surface area contributed by atoms with Crippen LogP contribution in [-0.2, 0) is 12.5 Å². The second-order valence-electron chi connectivity index (χ2n) is 6.00. The standard InChI is InChI=1S/C14H24N4/c1-3-7-14(8-4-9-15-10-14)13-16-12(11-5-6-11)17-18(13)2/h11,15H,3-10H2,1-2H3. The first-order chi connectivity index (χ1) is 8.75. The lowest BCUT2D eigenvalue weighted by molar-refractivity contribution is 0.267. The zero-order chi connectivity index (χ0) is 12.6. The third-order valence-corrected chi connectivity index (χ3v) is 4.40. The third-order valence-electron chi connectivity index (χ3n) is 4.40. The van der Waals surface area contributed by atoms with E-state index in [2.05, 4.69) is 29.1 Å². The Kier molecular flexibility index (Phi) is 3.14. The van der Waals surface area contributed by atoms with E-state index in [0.29, 0.717) is 5.92 Å². The van der Waals surface area contributed by atoms with Gasteiger partial charge in [-0.05, 0) is 38.6 Å². The summed E-state index contributed by atoms with van der Waals surface area (Å²) in [6, 6.07) is 0. The molecule has 1 unspecified atom stereocenters. The van der Waals surface area contributed by atoms with Crippen molar-refractivity contribution in [3.05, 3.63) is 11.6 Å². The number of nitrogens with one attached hydrogen (secondary N) is 1. The maximum absolute atomic E-state index is 4.90. The highest BCUT2D eigenvalue weighted by molar-refractivity contribution is 5.15. The molecule has 4 nitrogen and oxygen atoms in total. The van der Waals surface area contributed by atoms with E-state index in [-0.39, 0.29) is 5.41 Å². The normalized spacial score (nSPS) is 28.6. The van der Waals surface area contributed by atoms with Crippen molar-refractivity contribution in [1.82, 2.24) is 20.1 Å². The highest BCUT2D eigenvalue weighted by atomic mass is 15.3. The van der Waals surface area contributed by atoms with Gasteiger partial charge in [-0.15, -0.1) is 0 Å². The van der Waals surface area contributed by atoms with E-state index >= 15 is 0 Å². The maximum atomic E-state index is 4.90. The van der Waals surface area contributed by atoms with Crippen molar-refractivity contribution in [3.63, 3.8) is 0 Å². The van der Waals surface area contributed by atoms with Crippen molar-refractivity contribution < 1.29 is 0 Å². The number of rotatable bonds is 4. The van der Waals surface area contributed by atoms with Gasteiger partial charge in [-0.2, -0.15) is 5.10 Å². The van der Waals surface area contributed by atoms with Gasteiger partial charge in [-0.3, -0.25) is 4.68 Å². The smallest absolute Gasteiger partial charge is 0.154 e. The summed E-state index contributed by atoms with van der Waals surface area (Å²) in [6.45, 7) is 4.49. The SMILES string of the molecule is CCCC1(c2nc(C3CC3)nn2C)CCCNC1. The average molecular weight is 248 g/mol. The van der Waals surface area contributed by atoms with E-state index in [0.717, 1.165) is 18.9 Å². The van der Waals surface area contributed by atoms with Gasteiger partial charge in [0, 0.05) is 24.9 Å². The summed E-state index contributed by atoms with van der Waals surface area (Å²) in [4.78, 5) is 4.90. The van der Waals surface area contributed by atoms with Crippen LogP contribution in [-0.4, -0.2) is 27.9 Å². The Bertz CT molecular complexity index is 408. The minimum atomic E-state index is 0.224. The second-order valence-corrected chi connectivity index (χ2v) is 6.00. The minimum absolute atomic E-state index is 0.224. The lowest BCUT2D eigenvalue weighted by Crippen LogP contribution is -2.45. The van der Waals surface area contributed by atoms with Crippen molar-refractivity contribution in [1.29, 1.82) is 0 Å². The first-order valence-corrected chi connectivity index (χ1v) is 7.37. The predicted octanol–water partition coefficient (Wildman–Crippen LogP) is 2.11. The molecular weight excluding hydrogens is 224 g/mol. The van der Waals surface area contributed by atoms with Gasteiger partial charge in [0.2, 0.25) is 0 Å². The van der Waals surface area contributed by atoms with Crippen LogP contribution >= 0.6 is 0 Å². The van der Waals surface area contributed by atoms with E-state index in [9.17, 15) is 0 Å². The van der Waals surface area contributed by atoms with Crippen molar-refractivity contribution >= 4 is 0 Å². The lowest BCUT2D eigenvalue weighted by Gasteiger charge is -2.36. The third kappa shape index (κ3) is 2.07. The molecule has 2 fully saturated rings. The number of piperidine rings is 1. The molecule has 3 rings (SSSR count). The van der Waals surface area contributed by atoms with E-state index in [1.807, 2.05) is 0 Å². The molecule has 1 aromatic heterocycles. The molecule has 1 atom stereocenters. The second kappa shape index (κ2) is 4.65. The van der Waals surface area contributed by atoms with Crippen LogP contribution in [0.5, 0.6) is 0 Å². The van der Waals surface area contributed by atoms with Gasteiger partial charge >= 0.3 is 0 Å². The van der Waals surface area contributed by atoms with Crippen LogP contribution in [0.25, 0.3) is 0 Å². The molecular formula is C14H24N4. The van der Waals surface area contributed by atoms with Crippen molar-refractivity contribution in [2.75, 3.05) is 13.1 Å². The fraction of sp³-hybridized carbons (Fsp3) is 0.857. The highest BCUT2D eigenvalue weighted by Crippen LogP contribution is 2.40. The zero-order valence-corrected chi connectivity index (χ0v) is 11.6. The van der Waals surface area contributed by atoms with E-state index in [1.165, 1.54) is 44.3 Å². The van der Waals surface area contributed by atoms with Gasteiger partial charge in [0.1, 0.15) is 5.82 Å². The van der Waals surface area contributed by atoms with Crippen LogP contribution in [0.15, 0.2) is 0 Å². The molecule has 1 aliphatic heterocycles. The average Bonchev–Trinajstić information content (AvgIpc) is 3.14. The molecule has 1 aliphatic carbocycles. The molecule has 1 N–H and O–H groups in total. The molecule has 1 saturated heterocycles. The van der Waals surface area contributed by atoms with Crippen LogP contribution in [0.3, 0.4) is 0 Å². The number of hydrogen-bond donors (Lipinski definition) is 1. The Labute approximate surface area is 109 Å². The van der Waals surface area contributed by atoms with Crippen LogP contribution in [0, 0.1) is 0 Å². The summed E-state index contributed by atoms with van der Waals surface area (Å²) in [6.07, 6.45) is 7.50.